The molecular formula is C12H15ClN4O2. The maximum atomic E-state index is 6.10. The number of rotatable bonds is 4. The zero-order chi connectivity index (χ0) is 13.2. The summed E-state index contributed by atoms with van der Waals surface area (Å²) in [6, 6.07) is 0. The van der Waals surface area contributed by atoms with E-state index in [4.69, 9.17) is 21.1 Å². The zero-order valence-electron chi connectivity index (χ0n) is 10.7. The van der Waals surface area contributed by atoms with Gasteiger partial charge < -0.3 is 9.47 Å². The Kier molecular flexibility index (Phi) is 3.63. The molecule has 102 valence electrons. The second kappa shape index (κ2) is 5.40. The summed E-state index contributed by atoms with van der Waals surface area (Å²) in [5, 5.41) is 5.29. The number of aryl methyl sites for hydroxylation is 1. The maximum Gasteiger partial charge on any atom is 0.162 e. The Morgan fingerprint density at radius 3 is 3.21 bits per heavy atom. The smallest absolute Gasteiger partial charge is 0.162 e. The molecule has 0 aliphatic carbocycles. The van der Waals surface area contributed by atoms with Crippen LogP contribution in [0.5, 0.6) is 0 Å². The molecule has 1 aliphatic rings. The molecule has 3 rings (SSSR count). The van der Waals surface area contributed by atoms with Crippen molar-refractivity contribution < 1.29 is 9.47 Å². The van der Waals surface area contributed by atoms with Crippen molar-refractivity contribution in [2.75, 3.05) is 19.8 Å². The molecule has 0 N–H and O–H groups in total. The number of aromatic nitrogens is 4. The number of hydrogen-bond acceptors (Lipinski definition) is 5. The molecule has 2 aromatic rings. The van der Waals surface area contributed by atoms with E-state index in [0.29, 0.717) is 30.1 Å². The van der Waals surface area contributed by atoms with Crippen LogP contribution in [-0.4, -0.2) is 39.6 Å². The lowest BCUT2D eigenvalue weighted by molar-refractivity contribution is 0.0754. The molecule has 0 spiro atoms. The first kappa shape index (κ1) is 12.8. The van der Waals surface area contributed by atoms with Gasteiger partial charge >= 0.3 is 0 Å². The summed E-state index contributed by atoms with van der Waals surface area (Å²) in [5.41, 5.74) is 0.725. The van der Waals surface area contributed by atoms with Gasteiger partial charge in [-0.2, -0.15) is 5.10 Å². The lowest BCUT2D eigenvalue weighted by atomic mass is 10.1. The van der Waals surface area contributed by atoms with Gasteiger partial charge in [0.15, 0.2) is 11.5 Å². The lowest BCUT2D eigenvalue weighted by Gasteiger charge is -2.08. The number of ether oxygens (including phenoxy) is 2. The summed E-state index contributed by atoms with van der Waals surface area (Å²) in [5.74, 6) is 1.07. The molecule has 19 heavy (non-hydrogen) atoms. The van der Waals surface area contributed by atoms with Gasteiger partial charge in [0.2, 0.25) is 0 Å². The van der Waals surface area contributed by atoms with Gasteiger partial charge in [-0.1, -0.05) is 11.6 Å². The topological polar surface area (TPSA) is 62.1 Å². The Morgan fingerprint density at radius 2 is 2.42 bits per heavy atom. The lowest BCUT2D eigenvalue weighted by Crippen LogP contribution is -2.10. The maximum absolute atomic E-state index is 6.10. The first-order valence-corrected chi connectivity index (χ1v) is 6.61. The fourth-order valence-electron chi connectivity index (χ4n) is 2.13. The van der Waals surface area contributed by atoms with Crippen molar-refractivity contribution in [3.8, 4) is 0 Å². The van der Waals surface area contributed by atoms with E-state index in [1.807, 2.05) is 7.05 Å². The molecule has 1 unspecified atom stereocenters. The number of fused-ring (bicyclic) bond motifs is 1. The number of hydrogen-bond donors (Lipinski definition) is 0. The predicted octanol–water partition coefficient (Wildman–Crippen LogP) is 1.57. The molecule has 0 bridgehead atoms. The minimum atomic E-state index is 0.358. The molecule has 1 fully saturated rings. The van der Waals surface area contributed by atoms with Crippen LogP contribution < -0.4 is 0 Å². The monoisotopic (exact) mass is 282 g/mol. The van der Waals surface area contributed by atoms with Crippen molar-refractivity contribution in [2.24, 2.45) is 13.0 Å². The van der Waals surface area contributed by atoms with Crippen molar-refractivity contribution in [3.63, 3.8) is 0 Å². The van der Waals surface area contributed by atoms with Gasteiger partial charge in [-0.25, -0.2) is 9.97 Å². The Balaban J connectivity index is 1.68. The van der Waals surface area contributed by atoms with Crippen LogP contribution in [0.25, 0.3) is 11.0 Å². The van der Waals surface area contributed by atoms with Crippen LogP contribution in [0.3, 0.4) is 0 Å². The molecule has 3 heterocycles. The third kappa shape index (κ3) is 2.70. The van der Waals surface area contributed by atoms with Gasteiger partial charge in [-0.3, -0.25) is 4.68 Å². The van der Waals surface area contributed by atoms with Gasteiger partial charge in [0.05, 0.1) is 24.8 Å². The molecule has 1 atom stereocenters. The van der Waals surface area contributed by atoms with E-state index < -0.39 is 0 Å². The van der Waals surface area contributed by atoms with Crippen LogP contribution in [0.15, 0.2) is 6.20 Å². The average molecular weight is 283 g/mol. The fraction of sp³-hybridized carbons (Fsp3) is 0.583. The summed E-state index contributed by atoms with van der Waals surface area (Å²) in [7, 11) is 1.83. The minimum Gasteiger partial charge on any atom is -0.381 e. The second-order valence-electron chi connectivity index (χ2n) is 4.68. The standard InChI is InChI=1S/C12H15ClN4O2/c1-17-12-9(4-14-17)11(13)15-10(16-12)7-19-6-8-2-3-18-5-8/h4,8H,2-3,5-7H2,1H3. The number of nitrogens with zero attached hydrogens (tertiary/aromatic N) is 4. The molecule has 0 amide bonds. The highest BCUT2D eigenvalue weighted by Crippen LogP contribution is 2.19. The summed E-state index contributed by atoms with van der Waals surface area (Å²) in [6.45, 7) is 2.64. The highest BCUT2D eigenvalue weighted by Gasteiger charge is 2.16. The van der Waals surface area contributed by atoms with E-state index in [1.54, 1.807) is 10.9 Å². The van der Waals surface area contributed by atoms with Crippen LogP contribution in [0.2, 0.25) is 5.15 Å². The van der Waals surface area contributed by atoms with Crippen LogP contribution in [0, 0.1) is 5.92 Å². The van der Waals surface area contributed by atoms with Gasteiger partial charge in [0.25, 0.3) is 0 Å². The molecule has 0 saturated carbocycles. The number of halogens is 1. The third-order valence-corrected chi connectivity index (χ3v) is 3.49. The zero-order valence-corrected chi connectivity index (χ0v) is 11.4. The Hall–Kier alpha value is -1.24. The van der Waals surface area contributed by atoms with E-state index in [-0.39, 0.29) is 0 Å². The highest BCUT2D eigenvalue weighted by molar-refractivity contribution is 6.33. The normalized spacial score (nSPS) is 19.4. The van der Waals surface area contributed by atoms with E-state index in [0.717, 1.165) is 30.7 Å². The Bertz CT molecular complexity index is 580. The van der Waals surface area contributed by atoms with Crippen molar-refractivity contribution in [2.45, 2.75) is 13.0 Å². The summed E-state index contributed by atoms with van der Waals surface area (Å²) >= 11 is 6.10. The van der Waals surface area contributed by atoms with Crippen LogP contribution in [0.1, 0.15) is 12.2 Å². The molecule has 1 saturated heterocycles. The molecule has 1 aliphatic heterocycles. The van der Waals surface area contributed by atoms with Crippen LogP contribution in [-0.2, 0) is 23.1 Å². The fourth-order valence-corrected chi connectivity index (χ4v) is 2.36. The second-order valence-corrected chi connectivity index (χ2v) is 5.04. The molecular weight excluding hydrogens is 268 g/mol. The average Bonchev–Trinajstić information content (AvgIpc) is 3.01. The van der Waals surface area contributed by atoms with Gasteiger partial charge in [-0.05, 0) is 6.42 Å². The van der Waals surface area contributed by atoms with Crippen molar-refractivity contribution in [1.82, 2.24) is 19.7 Å². The van der Waals surface area contributed by atoms with Crippen molar-refractivity contribution >= 4 is 22.6 Å². The molecule has 7 heteroatoms. The van der Waals surface area contributed by atoms with E-state index in [2.05, 4.69) is 15.1 Å². The molecule has 0 radical (unpaired) electrons. The van der Waals surface area contributed by atoms with Crippen molar-refractivity contribution in [3.05, 3.63) is 17.2 Å². The minimum absolute atomic E-state index is 0.358. The van der Waals surface area contributed by atoms with Crippen LogP contribution in [0.4, 0.5) is 0 Å². The predicted molar refractivity (Wildman–Crippen MR) is 69.9 cm³/mol. The van der Waals surface area contributed by atoms with Crippen LogP contribution >= 0.6 is 11.6 Å². The Morgan fingerprint density at radius 1 is 1.53 bits per heavy atom. The summed E-state index contributed by atoms with van der Waals surface area (Å²) in [6.07, 6.45) is 2.72. The van der Waals surface area contributed by atoms with Gasteiger partial charge in [0, 0.05) is 19.6 Å². The third-order valence-electron chi connectivity index (χ3n) is 3.20. The highest BCUT2D eigenvalue weighted by atomic mass is 35.5. The van der Waals surface area contributed by atoms with Gasteiger partial charge in [-0.15, -0.1) is 0 Å². The molecule has 6 nitrogen and oxygen atoms in total. The van der Waals surface area contributed by atoms with Gasteiger partial charge in [0.1, 0.15) is 11.8 Å². The van der Waals surface area contributed by atoms with Crippen molar-refractivity contribution in [1.29, 1.82) is 0 Å². The largest absolute Gasteiger partial charge is 0.381 e. The SMILES string of the molecule is Cn1ncc2c(Cl)nc(COCC3CCOC3)nc21. The Labute approximate surface area is 115 Å². The van der Waals surface area contributed by atoms with E-state index >= 15 is 0 Å². The quantitative estimate of drug-likeness (QED) is 0.797. The summed E-state index contributed by atoms with van der Waals surface area (Å²) in [4.78, 5) is 8.63. The van der Waals surface area contributed by atoms with E-state index in [1.165, 1.54) is 0 Å². The first-order valence-electron chi connectivity index (χ1n) is 6.23. The van der Waals surface area contributed by atoms with E-state index in [9.17, 15) is 0 Å². The summed E-state index contributed by atoms with van der Waals surface area (Å²) < 4.78 is 12.6. The molecule has 2 aromatic heterocycles. The first-order chi connectivity index (χ1) is 9.24. The molecule has 0 aromatic carbocycles.